The van der Waals surface area contributed by atoms with Crippen LogP contribution in [0.15, 0.2) is 83.3 Å². The predicted octanol–water partition coefficient (Wildman–Crippen LogP) is 5.34. The number of hydrogen-bond donors (Lipinski definition) is 2. The molecule has 0 spiro atoms. The monoisotopic (exact) mass is 400 g/mol. The summed E-state index contributed by atoms with van der Waals surface area (Å²) in [5.74, 6) is -0.237. The second kappa shape index (κ2) is 8.53. The van der Waals surface area contributed by atoms with Crippen LogP contribution in [0.2, 0.25) is 0 Å². The van der Waals surface area contributed by atoms with Gasteiger partial charge in [-0.25, -0.2) is 0 Å². The minimum Gasteiger partial charge on any atom is -0.492 e. The van der Waals surface area contributed by atoms with Gasteiger partial charge in [-0.15, -0.1) is 0 Å². The van der Waals surface area contributed by atoms with E-state index in [1.165, 1.54) is 0 Å². The van der Waals surface area contributed by atoms with E-state index in [2.05, 4.69) is 10.6 Å². The molecular weight excluding hydrogens is 380 g/mol. The third-order valence-corrected chi connectivity index (χ3v) is 4.51. The van der Waals surface area contributed by atoms with Crippen molar-refractivity contribution in [1.82, 2.24) is 0 Å². The molecule has 2 amide bonds. The largest absolute Gasteiger partial charge is 0.492 e. The summed E-state index contributed by atoms with van der Waals surface area (Å²) in [5, 5.41) is 6.29. The smallest absolute Gasteiger partial charge is 0.293 e. The summed E-state index contributed by atoms with van der Waals surface area (Å²) in [4.78, 5) is 25.8. The fraction of sp³-hybridized carbons (Fsp3) is 0.0833. The third-order valence-electron chi connectivity index (χ3n) is 4.51. The van der Waals surface area contributed by atoms with Crippen molar-refractivity contribution < 1.29 is 18.7 Å². The molecule has 0 saturated carbocycles. The van der Waals surface area contributed by atoms with Crippen molar-refractivity contribution in [3.8, 4) is 5.75 Å². The predicted molar refractivity (Wildman–Crippen MR) is 116 cm³/mol. The summed E-state index contributed by atoms with van der Waals surface area (Å²) in [7, 11) is 0. The molecule has 4 rings (SSSR count). The molecule has 0 bridgehead atoms. The molecule has 0 unspecified atom stereocenters. The third kappa shape index (κ3) is 3.89. The molecule has 1 aromatic heterocycles. The van der Waals surface area contributed by atoms with Crippen LogP contribution >= 0.6 is 0 Å². The Hall–Kier alpha value is -4.06. The lowest BCUT2D eigenvalue weighted by Gasteiger charge is -2.11. The summed E-state index contributed by atoms with van der Waals surface area (Å²) in [5.41, 5.74) is 1.83. The lowest BCUT2D eigenvalue weighted by molar-refractivity contribution is 0.0999. The number of fused-ring (bicyclic) bond motifs is 1. The molecule has 6 heteroatoms. The van der Waals surface area contributed by atoms with E-state index in [0.717, 1.165) is 0 Å². The summed E-state index contributed by atoms with van der Waals surface area (Å²) in [6.45, 7) is 2.34. The van der Waals surface area contributed by atoms with Crippen molar-refractivity contribution >= 4 is 34.2 Å². The van der Waals surface area contributed by atoms with Gasteiger partial charge in [-0.2, -0.15) is 0 Å². The molecule has 0 fully saturated rings. The van der Waals surface area contributed by atoms with Gasteiger partial charge in [0, 0.05) is 10.9 Å². The Labute approximate surface area is 173 Å². The van der Waals surface area contributed by atoms with E-state index in [1.54, 1.807) is 60.7 Å². The Balaban J connectivity index is 1.69. The van der Waals surface area contributed by atoms with Crippen molar-refractivity contribution in [3.05, 3.63) is 90.2 Å². The van der Waals surface area contributed by atoms with E-state index in [9.17, 15) is 9.59 Å². The van der Waals surface area contributed by atoms with Crippen LogP contribution in [-0.4, -0.2) is 18.4 Å². The van der Waals surface area contributed by atoms with E-state index in [1.807, 2.05) is 25.1 Å². The molecule has 2 N–H and O–H groups in total. The second-order valence-electron chi connectivity index (χ2n) is 6.51. The molecule has 0 saturated heterocycles. The van der Waals surface area contributed by atoms with Gasteiger partial charge in [0.2, 0.25) is 5.76 Å². The summed E-state index contributed by atoms with van der Waals surface area (Å²) in [6.07, 6.45) is 0. The van der Waals surface area contributed by atoms with Crippen molar-refractivity contribution in [2.75, 3.05) is 17.2 Å². The molecule has 0 atom stereocenters. The lowest BCUT2D eigenvalue weighted by Crippen LogP contribution is -2.17. The zero-order valence-corrected chi connectivity index (χ0v) is 16.3. The number of rotatable bonds is 6. The van der Waals surface area contributed by atoms with Gasteiger partial charge in [0.15, 0.2) is 0 Å². The first-order valence-corrected chi connectivity index (χ1v) is 9.58. The minimum absolute atomic E-state index is 0.0202. The lowest BCUT2D eigenvalue weighted by atomic mass is 10.1. The zero-order valence-electron chi connectivity index (χ0n) is 16.3. The van der Waals surface area contributed by atoms with E-state index in [-0.39, 0.29) is 11.7 Å². The Morgan fingerprint density at radius 1 is 0.833 bits per heavy atom. The van der Waals surface area contributed by atoms with Gasteiger partial charge in [-0.3, -0.25) is 9.59 Å². The van der Waals surface area contributed by atoms with Crippen LogP contribution in [0.25, 0.3) is 11.0 Å². The number of amides is 2. The Bertz CT molecular complexity index is 1200. The number of benzene rings is 3. The molecule has 1 heterocycles. The first-order valence-electron chi connectivity index (χ1n) is 9.58. The first-order chi connectivity index (χ1) is 14.7. The maximum atomic E-state index is 13.1. The SMILES string of the molecule is CCOc1ccccc1NC(=O)c1oc2ccccc2c1NC(=O)c1ccccc1. The normalized spacial score (nSPS) is 10.6. The minimum atomic E-state index is -0.485. The van der Waals surface area contributed by atoms with Crippen LogP contribution in [0.1, 0.15) is 27.8 Å². The fourth-order valence-electron chi connectivity index (χ4n) is 3.14. The maximum Gasteiger partial charge on any atom is 0.293 e. The maximum absolute atomic E-state index is 13.1. The number of hydrogen-bond acceptors (Lipinski definition) is 4. The highest BCUT2D eigenvalue weighted by Gasteiger charge is 2.23. The molecule has 150 valence electrons. The first kappa shape index (κ1) is 19.3. The molecule has 0 aliphatic rings. The van der Waals surface area contributed by atoms with E-state index in [0.29, 0.717) is 40.3 Å². The van der Waals surface area contributed by atoms with E-state index in [4.69, 9.17) is 9.15 Å². The van der Waals surface area contributed by atoms with Crippen LogP contribution in [0, 0.1) is 0 Å². The summed E-state index contributed by atoms with van der Waals surface area (Å²) in [6, 6.07) is 23.1. The van der Waals surface area contributed by atoms with E-state index < -0.39 is 5.91 Å². The van der Waals surface area contributed by atoms with Gasteiger partial charge in [0.1, 0.15) is 17.0 Å². The molecule has 3 aromatic carbocycles. The van der Waals surface area contributed by atoms with Crippen LogP contribution in [0.3, 0.4) is 0 Å². The number of anilines is 2. The van der Waals surface area contributed by atoms with Gasteiger partial charge in [0.25, 0.3) is 11.8 Å². The van der Waals surface area contributed by atoms with Gasteiger partial charge in [-0.05, 0) is 43.3 Å². The molecule has 4 aromatic rings. The van der Waals surface area contributed by atoms with Crippen molar-refractivity contribution in [2.45, 2.75) is 6.92 Å². The molecular formula is C24H20N2O4. The highest BCUT2D eigenvalue weighted by atomic mass is 16.5. The molecule has 0 aliphatic heterocycles. The number of carbonyl (C=O) groups excluding carboxylic acids is 2. The number of furan rings is 1. The number of nitrogens with one attached hydrogen (secondary N) is 2. The van der Waals surface area contributed by atoms with Gasteiger partial charge in [-0.1, -0.05) is 42.5 Å². The van der Waals surface area contributed by atoms with Crippen molar-refractivity contribution in [1.29, 1.82) is 0 Å². The van der Waals surface area contributed by atoms with Crippen LogP contribution in [0.5, 0.6) is 5.75 Å². The topological polar surface area (TPSA) is 80.6 Å². The number of para-hydroxylation sites is 3. The Kier molecular flexibility index (Phi) is 5.48. The summed E-state index contributed by atoms with van der Waals surface area (Å²) < 4.78 is 11.4. The van der Waals surface area contributed by atoms with E-state index >= 15 is 0 Å². The highest BCUT2D eigenvalue weighted by Crippen LogP contribution is 2.33. The molecule has 6 nitrogen and oxygen atoms in total. The molecule has 0 aliphatic carbocycles. The zero-order chi connectivity index (χ0) is 20.9. The van der Waals surface area contributed by atoms with Crippen LogP contribution in [-0.2, 0) is 0 Å². The number of ether oxygens (including phenoxy) is 1. The van der Waals surface area contributed by atoms with Gasteiger partial charge in [0.05, 0.1) is 12.3 Å². The molecule has 30 heavy (non-hydrogen) atoms. The van der Waals surface area contributed by atoms with Gasteiger partial charge >= 0.3 is 0 Å². The average molecular weight is 400 g/mol. The fourth-order valence-corrected chi connectivity index (χ4v) is 3.14. The highest BCUT2D eigenvalue weighted by molar-refractivity contribution is 6.17. The molecule has 0 radical (unpaired) electrons. The quantitative estimate of drug-likeness (QED) is 0.458. The second-order valence-corrected chi connectivity index (χ2v) is 6.51. The van der Waals surface area contributed by atoms with Gasteiger partial charge < -0.3 is 19.8 Å². The Morgan fingerprint density at radius 2 is 1.53 bits per heavy atom. The standard InChI is InChI=1S/C24H20N2O4/c1-2-29-20-15-9-7-13-18(20)25-24(28)22-21(17-12-6-8-14-19(17)30-22)26-23(27)16-10-4-3-5-11-16/h3-15H,2H2,1H3,(H,25,28)(H,26,27). The Morgan fingerprint density at radius 3 is 2.33 bits per heavy atom. The van der Waals surface area contributed by atoms with Crippen LogP contribution in [0.4, 0.5) is 11.4 Å². The van der Waals surface area contributed by atoms with Crippen molar-refractivity contribution in [3.63, 3.8) is 0 Å². The number of carbonyl (C=O) groups is 2. The summed E-state index contributed by atoms with van der Waals surface area (Å²) >= 11 is 0. The average Bonchev–Trinajstić information content (AvgIpc) is 3.14. The van der Waals surface area contributed by atoms with Crippen LogP contribution < -0.4 is 15.4 Å². The van der Waals surface area contributed by atoms with Crippen molar-refractivity contribution in [2.24, 2.45) is 0 Å².